The molecule has 0 bridgehead atoms. The normalized spacial score (nSPS) is 11.2. The zero-order valence-electron chi connectivity index (χ0n) is 17.7. The van der Waals surface area contributed by atoms with E-state index in [-0.39, 0.29) is 5.97 Å². The molecule has 4 nitrogen and oxygen atoms in total. The van der Waals surface area contributed by atoms with E-state index in [0.29, 0.717) is 12.2 Å². The van der Waals surface area contributed by atoms with Gasteiger partial charge in [-0.15, -0.1) is 11.3 Å². The molecule has 0 atom stereocenters. The number of aryl methyl sites for hydroxylation is 2. The highest BCUT2D eigenvalue weighted by molar-refractivity contribution is 7.19. The molecule has 0 spiro atoms. The maximum Gasteiger partial charge on any atom is 0.337 e. The second-order valence-electron chi connectivity index (χ2n) is 7.34. The highest BCUT2D eigenvalue weighted by Gasteiger charge is 2.05. The molecule has 156 valence electrons. The molecule has 0 unspecified atom stereocenters. The van der Waals surface area contributed by atoms with E-state index in [4.69, 9.17) is 14.5 Å². The number of benzene rings is 3. The second kappa shape index (κ2) is 9.14. The summed E-state index contributed by atoms with van der Waals surface area (Å²) in [5, 5.41) is 0.996. The van der Waals surface area contributed by atoms with Crippen LogP contribution >= 0.6 is 11.3 Å². The summed E-state index contributed by atoms with van der Waals surface area (Å²) >= 11 is 1.70. The number of esters is 1. The third-order valence-electron chi connectivity index (χ3n) is 5.10. The summed E-state index contributed by atoms with van der Waals surface area (Å²) in [6, 6.07) is 19.5. The fourth-order valence-corrected chi connectivity index (χ4v) is 4.08. The Morgan fingerprint density at radius 3 is 2.39 bits per heavy atom. The van der Waals surface area contributed by atoms with Crippen molar-refractivity contribution in [3.63, 3.8) is 0 Å². The van der Waals surface area contributed by atoms with E-state index in [0.717, 1.165) is 27.4 Å². The zero-order valence-corrected chi connectivity index (χ0v) is 18.5. The monoisotopic (exact) mass is 429 g/mol. The number of carbonyl (C=O) groups is 1. The van der Waals surface area contributed by atoms with Gasteiger partial charge in [-0.2, -0.15) is 0 Å². The zero-order chi connectivity index (χ0) is 21.8. The third-order valence-corrected chi connectivity index (χ3v) is 6.08. The number of carbonyl (C=O) groups excluding carboxylic acids is 1. The predicted molar refractivity (Wildman–Crippen MR) is 127 cm³/mol. The average molecular weight is 430 g/mol. The molecule has 0 aliphatic heterocycles. The molecular weight excluding hydrogens is 406 g/mol. The topological polar surface area (TPSA) is 48.4 Å². The van der Waals surface area contributed by atoms with Crippen LogP contribution < -0.4 is 4.74 Å². The van der Waals surface area contributed by atoms with Gasteiger partial charge < -0.3 is 9.47 Å². The first-order chi connectivity index (χ1) is 15.0. The Balaban J connectivity index is 1.37. The van der Waals surface area contributed by atoms with Gasteiger partial charge in [0.2, 0.25) is 0 Å². The quantitative estimate of drug-likeness (QED) is 0.331. The lowest BCUT2D eigenvalue weighted by molar-refractivity contribution is 0.0600. The first kappa shape index (κ1) is 20.8. The van der Waals surface area contributed by atoms with Crippen LogP contribution in [0.5, 0.6) is 5.75 Å². The first-order valence-electron chi connectivity index (χ1n) is 9.98. The largest absolute Gasteiger partial charge is 0.489 e. The Morgan fingerprint density at radius 1 is 0.968 bits per heavy atom. The van der Waals surface area contributed by atoms with Crippen LogP contribution in [0.4, 0.5) is 0 Å². The average Bonchev–Trinajstić information content (AvgIpc) is 3.18. The smallest absolute Gasteiger partial charge is 0.337 e. The molecule has 3 aromatic carbocycles. The molecule has 4 rings (SSSR count). The second-order valence-corrected chi connectivity index (χ2v) is 8.40. The maximum absolute atomic E-state index is 11.5. The lowest BCUT2D eigenvalue weighted by Gasteiger charge is -2.07. The summed E-state index contributed by atoms with van der Waals surface area (Å²) in [4.78, 5) is 16.2. The highest BCUT2D eigenvalue weighted by atomic mass is 32.1. The number of nitrogens with zero attached hydrogens (tertiary/aromatic N) is 1. The molecule has 0 amide bonds. The van der Waals surface area contributed by atoms with Crippen LogP contribution in [0.3, 0.4) is 0 Å². The number of thiazole rings is 1. The number of rotatable bonds is 6. The van der Waals surface area contributed by atoms with Crippen LogP contribution in [0, 0.1) is 13.8 Å². The maximum atomic E-state index is 11.5. The van der Waals surface area contributed by atoms with Gasteiger partial charge in [0.1, 0.15) is 17.4 Å². The molecule has 0 aliphatic rings. The summed E-state index contributed by atoms with van der Waals surface area (Å²) < 4.78 is 11.8. The summed E-state index contributed by atoms with van der Waals surface area (Å²) in [5.41, 5.74) is 6.21. The molecular formula is C26H23NO3S. The van der Waals surface area contributed by atoms with E-state index in [1.807, 2.05) is 42.5 Å². The van der Waals surface area contributed by atoms with E-state index >= 15 is 0 Å². The Hall–Kier alpha value is -3.44. The van der Waals surface area contributed by atoms with Crippen LogP contribution in [0.1, 0.15) is 37.6 Å². The Kier molecular flexibility index (Phi) is 6.14. The Morgan fingerprint density at radius 2 is 1.68 bits per heavy atom. The minimum absolute atomic E-state index is 0.341. The van der Waals surface area contributed by atoms with E-state index in [1.165, 1.54) is 22.9 Å². The standard InChI is InChI=1S/C26H23NO3S/c1-17-14-23-24(15-18(17)2)31-25(27-23)13-8-19-6-11-22(12-7-19)30-16-20-4-9-21(10-5-20)26(28)29-3/h4-15H,16H2,1-3H3/b13-8+. The van der Waals surface area contributed by atoms with Gasteiger partial charge in [0, 0.05) is 0 Å². The van der Waals surface area contributed by atoms with Crippen molar-refractivity contribution in [2.45, 2.75) is 20.5 Å². The minimum atomic E-state index is -0.341. The van der Waals surface area contributed by atoms with Crippen molar-refractivity contribution in [3.05, 3.63) is 93.5 Å². The van der Waals surface area contributed by atoms with Crippen LogP contribution in [0.25, 0.3) is 22.4 Å². The number of hydrogen-bond donors (Lipinski definition) is 0. The summed E-state index contributed by atoms with van der Waals surface area (Å²) in [7, 11) is 1.37. The fourth-order valence-electron chi connectivity index (χ4n) is 3.13. The molecule has 0 radical (unpaired) electrons. The van der Waals surface area contributed by atoms with Crippen molar-refractivity contribution < 1.29 is 14.3 Å². The molecule has 5 heteroatoms. The lowest BCUT2D eigenvalue weighted by Crippen LogP contribution is -2.01. The number of hydrogen-bond acceptors (Lipinski definition) is 5. The van der Waals surface area contributed by atoms with Gasteiger partial charge >= 0.3 is 5.97 Å². The number of ether oxygens (including phenoxy) is 2. The minimum Gasteiger partial charge on any atom is -0.489 e. The summed E-state index contributed by atoms with van der Waals surface area (Å²) in [5.74, 6) is 0.451. The SMILES string of the molecule is COC(=O)c1ccc(COc2ccc(/C=C/c3nc4cc(C)c(C)cc4s3)cc2)cc1. The molecule has 4 aromatic rings. The molecule has 0 N–H and O–H groups in total. The highest BCUT2D eigenvalue weighted by Crippen LogP contribution is 2.26. The third kappa shape index (κ3) is 5.01. The van der Waals surface area contributed by atoms with Crippen molar-refractivity contribution in [2.24, 2.45) is 0 Å². The summed E-state index contributed by atoms with van der Waals surface area (Å²) in [6.07, 6.45) is 4.11. The molecule has 0 saturated carbocycles. The van der Waals surface area contributed by atoms with Gasteiger partial charge in [-0.3, -0.25) is 0 Å². The van der Waals surface area contributed by atoms with E-state index in [1.54, 1.807) is 23.5 Å². The van der Waals surface area contributed by atoms with Gasteiger partial charge in [0.15, 0.2) is 0 Å². The first-order valence-corrected chi connectivity index (χ1v) is 10.8. The number of methoxy groups -OCH3 is 1. The van der Waals surface area contributed by atoms with Gasteiger partial charge in [-0.25, -0.2) is 9.78 Å². The van der Waals surface area contributed by atoms with Crippen LogP contribution in [-0.4, -0.2) is 18.1 Å². The molecule has 1 aromatic heterocycles. The molecule has 0 aliphatic carbocycles. The van der Waals surface area contributed by atoms with Crippen molar-refractivity contribution in [1.29, 1.82) is 0 Å². The molecule has 0 fully saturated rings. The van der Waals surface area contributed by atoms with Gasteiger partial charge in [-0.1, -0.05) is 30.3 Å². The van der Waals surface area contributed by atoms with Crippen molar-refractivity contribution in [3.8, 4) is 5.75 Å². The van der Waals surface area contributed by atoms with Gasteiger partial charge in [0.05, 0.1) is 22.9 Å². The lowest BCUT2D eigenvalue weighted by atomic mass is 10.1. The Labute approximate surface area is 185 Å². The van der Waals surface area contributed by atoms with Crippen LogP contribution in [-0.2, 0) is 11.3 Å². The number of fused-ring (bicyclic) bond motifs is 1. The fraction of sp³-hybridized carbons (Fsp3) is 0.154. The van der Waals surface area contributed by atoms with Gasteiger partial charge in [0.25, 0.3) is 0 Å². The van der Waals surface area contributed by atoms with E-state index < -0.39 is 0 Å². The van der Waals surface area contributed by atoms with Crippen LogP contribution in [0.2, 0.25) is 0 Å². The van der Waals surface area contributed by atoms with Crippen molar-refractivity contribution >= 4 is 39.7 Å². The molecule has 31 heavy (non-hydrogen) atoms. The molecule has 1 heterocycles. The van der Waals surface area contributed by atoms with Gasteiger partial charge in [-0.05, 0) is 78.6 Å². The van der Waals surface area contributed by atoms with E-state index in [2.05, 4.69) is 32.1 Å². The predicted octanol–water partition coefficient (Wildman–Crippen LogP) is 6.45. The van der Waals surface area contributed by atoms with Crippen molar-refractivity contribution in [1.82, 2.24) is 4.98 Å². The Bertz CT molecular complexity index is 1200. The summed E-state index contributed by atoms with van der Waals surface area (Å²) in [6.45, 7) is 4.68. The van der Waals surface area contributed by atoms with Crippen molar-refractivity contribution in [2.75, 3.05) is 7.11 Å². The van der Waals surface area contributed by atoms with Crippen LogP contribution in [0.15, 0.2) is 60.7 Å². The molecule has 0 saturated heterocycles. The van der Waals surface area contributed by atoms with E-state index in [9.17, 15) is 4.79 Å². The number of aromatic nitrogens is 1.